The Kier molecular flexibility index (Phi) is 6.86. The lowest BCUT2D eigenvalue weighted by Gasteiger charge is -2.29. The molecular weight excluding hydrogens is 366 g/mol. The fourth-order valence-corrected chi connectivity index (χ4v) is 3.67. The fourth-order valence-electron chi connectivity index (χ4n) is 3.67. The van der Waals surface area contributed by atoms with Crippen molar-refractivity contribution in [1.29, 1.82) is 0 Å². The highest BCUT2D eigenvalue weighted by Gasteiger charge is 2.37. The van der Waals surface area contributed by atoms with E-state index in [1.54, 1.807) is 12.4 Å². The van der Waals surface area contributed by atoms with Crippen LogP contribution in [0.15, 0.2) is 48.8 Å². The number of ether oxygens (including phenoxy) is 1. The monoisotopic (exact) mass is 395 g/mol. The number of hydrogen-bond donors (Lipinski definition) is 2. The van der Waals surface area contributed by atoms with Gasteiger partial charge >= 0.3 is 0 Å². The third-order valence-corrected chi connectivity index (χ3v) is 5.29. The average molecular weight is 396 g/mol. The number of amides is 2. The number of carbonyl (C=O) groups is 2. The summed E-state index contributed by atoms with van der Waals surface area (Å²) in [6.07, 6.45) is 6.19. The van der Waals surface area contributed by atoms with Gasteiger partial charge in [-0.25, -0.2) is 0 Å². The normalized spacial score (nSPS) is 19.4. The van der Waals surface area contributed by atoms with E-state index in [0.29, 0.717) is 31.6 Å². The van der Waals surface area contributed by atoms with Gasteiger partial charge in [-0.3, -0.25) is 14.6 Å². The summed E-state index contributed by atoms with van der Waals surface area (Å²) >= 11 is 0. The van der Waals surface area contributed by atoms with Gasteiger partial charge in [0.2, 0.25) is 11.8 Å². The fraction of sp³-hybridized carbons (Fsp3) is 0.435. The molecule has 6 heteroatoms. The van der Waals surface area contributed by atoms with Crippen LogP contribution in [-0.2, 0) is 16.0 Å². The molecule has 2 unspecified atom stereocenters. The Morgan fingerprint density at radius 2 is 2.10 bits per heavy atom. The van der Waals surface area contributed by atoms with Crippen LogP contribution in [0, 0.1) is 6.92 Å². The van der Waals surface area contributed by atoms with E-state index in [1.165, 1.54) is 11.1 Å². The molecule has 0 saturated carbocycles. The zero-order chi connectivity index (χ0) is 20.7. The summed E-state index contributed by atoms with van der Waals surface area (Å²) in [6.45, 7) is 4.38. The van der Waals surface area contributed by atoms with Crippen LogP contribution < -0.4 is 15.4 Å². The van der Waals surface area contributed by atoms with Crippen LogP contribution in [0.1, 0.15) is 43.7 Å². The zero-order valence-electron chi connectivity index (χ0n) is 17.1. The maximum Gasteiger partial charge on any atom is 0.220 e. The summed E-state index contributed by atoms with van der Waals surface area (Å²) in [7, 11) is 0. The Bertz CT molecular complexity index is 823. The second-order valence-electron chi connectivity index (χ2n) is 7.91. The van der Waals surface area contributed by atoms with Crippen LogP contribution in [0.5, 0.6) is 5.75 Å². The number of rotatable bonds is 9. The number of pyridine rings is 1. The number of nitrogens with zero attached hydrogens (tertiary/aromatic N) is 1. The lowest BCUT2D eigenvalue weighted by molar-refractivity contribution is -0.123. The zero-order valence-corrected chi connectivity index (χ0v) is 17.1. The molecule has 29 heavy (non-hydrogen) atoms. The molecule has 1 fully saturated rings. The van der Waals surface area contributed by atoms with Gasteiger partial charge in [-0.05, 0) is 50.8 Å². The first-order valence-corrected chi connectivity index (χ1v) is 10.1. The highest BCUT2D eigenvalue weighted by atomic mass is 16.5. The lowest BCUT2D eigenvalue weighted by atomic mass is 9.84. The van der Waals surface area contributed by atoms with Crippen molar-refractivity contribution in [3.8, 4) is 5.75 Å². The van der Waals surface area contributed by atoms with E-state index in [4.69, 9.17) is 4.74 Å². The molecule has 0 aliphatic carbocycles. The molecule has 2 atom stereocenters. The van der Waals surface area contributed by atoms with Crippen molar-refractivity contribution in [3.63, 3.8) is 0 Å². The van der Waals surface area contributed by atoms with Gasteiger partial charge in [-0.15, -0.1) is 0 Å². The van der Waals surface area contributed by atoms with Crippen molar-refractivity contribution in [3.05, 3.63) is 59.9 Å². The topological polar surface area (TPSA) is 80.3 Å². The van der Waals surface area contributed by atoms with Gasteiger partial charge in [0.1, 0.15) is 11.9 Å². The average Bonchev–Trinajstić information content (AvgIpc) is 3.08. The van der Waals surface area contributed by atoms with E-state index >= 15 is 0 Å². The largest absolute Gasteiger partial charge is 0.487 e. The predicted molar refractivity (Wildman–Crippen MR) is 112 cm³/mol. The van der Waals surface area contributed by atoms with E-state index < -0.39 is 0 Å². The third-order valence-electron chi connectivity index (χ3n) is 5.29. The second-order valence-corrected chi connectivity index (χ2v) is 7.91. The quantitative estimate of drug-likeness (QED) is 0.684. The minimum absolute atomic E-state index is 0.0314. The Morgan fingerprint density at radius 1 is 1.31 bits per heavy atom. The molecule has 2 N–H and O–H groups in total. The molecule has 0 spiro atoms. The number of aryl methyl sites for hydroxylation is 1. The highest BCUT2D eigenvalue weighted by Crippen LogP contribution is 2.29. The third kappa shape index (κ3) is 6.31. The van der Waals surface area contributed by atoms with Gasteiger partial charge in [-0.1, -0.05) is 29.8 Å². The SMILES string of the molecule is Cc1ccc(CC2(CCC(=O)NCC(C)Oc3cccnc3)CCC(=O)N2)cc1. The molecule has 2 heterocycles. The van der Waals surface area contributed by atoms with E-state index in [1.807, 2.05) is 19.1 Å². The van der Waals surface area contributed by atoms with Crippen molar-refractivity contribution in [2.24, 2.45) is 0 Å². The first kappa shape index (κ1) is 20.8. The van der Waals surface area contributed by atoms with E-state index in [0.717, 1.165) is 12.8 Å². The number of hydrogen-bond acceptors (Lipinski definition) is 4. The van der Waals surface area contributed by atoms with Crippen molar-refractivity contribution < 1.29 is 14.3 Å². The Labute approximate surface area is 172 Å². The van der Waals surface area contributed by atoms with Gasteiger partial charge in [0.05, 0.1) is 12.7 Å². The van der Waals surface area contributed by atoms with E-state index in [9.17, 15) is 9.59 Å². The maximum atomic E-state index is 12.4. The first-order valence-electron chi connectivity index (χ1n) is 10.1. The molecule has 6 nitrogen and oxygen atoms in total. The van der Waals surface area contributed by atoms with Crippen molar-refractivity contribution in [1.82, 2.24) is 15.6 Å². The molecule has 2 aromatic rings. The summed E-state index contributed by atoms with van der Waals surface area (Å²) < 4.78 is 5.73. The molecule has 1 aliphatic heterocycles. The van der Waals surface area contributed by atoms with Gasteiger partial charge in [0.15, 0.2) is 0 Å². The van der Waals surface area contributed by atoms with Gasteiger partial charge in [0.25, 0.3) is 0 Å². The molecular formula is C23H29N3O3. The Balaban J connectivity index is 1.49. The molecule has 1 aromatic heterocycles. The molecule has 3 rings (SSSR count). The lowest BCUT2D eigenvalue weighted by Crippen LogP contribution is -2.45. The van der Waals surface area contributed by atoms with Crippen molar-refractivity contribution >= 4 is 11.8 Å². The summed E-state index contributed by atoms with van der Waals surface area (Å²) in [4.78, 5) is 28.3. The molecule has 0 radical (unpaired) electrons. The van der Waals surface area contributed by atoms with Crippen LogP contribution in [0.25, 0.3) is 0 Å². The molecule has 154 valence electrons. The van der Waals surface area contributed by atoms with Crippen LogP contribution in [0.3, 0.4) is 0 Å². The maximum absolute atomic E-state index is 12.4. The summed E-state index contributed by atoms with van der Waals surface area (Å²) in [5.41, 5.74) is 2.04. The van der Waals surface area contributed by atoms with Crippen LogP contribution in [0.2, 0.25) is 0 Å². The van der Waals surface area contributed by atoms with E-state index in [2.05, 4.69) is 46.8 Å². The molecule has 1 aromatic carbocycles. The smallest absolute Gasteiger partial charge is 0.220 e. The van der Waals surface area contributed by atoms with Gasteiger partial charge in [0, 0.05) is 24.6 Å². The second kappa shape index (κ2) is 9.54. The van der Waals surface area contributed by atoms with Gasteiger partial charge < -0.3 is 15.4 Å². The standard InChI is InChI=1S/C23H29N3O3/c1-17-5-7-19(8-6-17)14-23(12-10-22(28)26-23)11-9-21(27)25-15-18(2)29-20-4-3-13-24-16-20/h3-8,13,16,18H,9-12,14-15H2,1-2H3,(H,25,27)(H,26,28). The van der Waals surface area contributed by atoms with Crippen molar-refractivity contribution in [2.45, 2.75) is 57.6 Å². The van der Waals surface area contributed by atoms with E-state index in [-0.39, 0.29) is 23.5 Å². The minimum atomic E-state index is -0.346. The van der Waals surface area contributed by atoms with Crippen molar-refractivity contribution in [2.75, 3.05) is 6.54 Å². The van der Waals surface area contributed by atoms with Crippen LogP contribution >= 0.6 is 0 Å². The summed E-state index contributed by atoms with van der Waals surface area (Å²) in [6, 6.07) is 12.0. The first-order chi connectivity index (χ1) is 13.9. The van der Waals surface area contributed by atoms with Crippen LogP contribution in [0.4, 0.5) is 0 Å². The minimum Gasteiger partial charge on any atom is -0.487 e. The summed E-state index contributed by atoms with van der Waals surface area (Å²) in [5.74, 6) is 0.715. The summed E-state index contributed by atoms with van der Waals surface area (Å²) in [5, 5.41) is 6.06. The van der Waals surface area contributed by atoms with Gasteiger partial charge in [-0.2, -0.15) is 0 Å². The highest BCUT2D eigenvalue weighted by molar-refractivity contribution is 5.80. The van der Waals surface area contributed by atoms with Crippen LogP contribution in [-0.4, -0.2) is 35.0 Å². The molecule has 2 amide bonds. The Morgan fingerprint density at radius 3 is 2.76 bits per heavy atom. The number of carbonyl (C=O) groups excluding carboxylic acids is 2. The molecule has 1 aliphatic rings. The molecule has 0 bridgehead atoms. The number of benzene rings is 1. The predicted octanol–water partition coefficient (Wildman–Crippen LogP) is 2.95. The number of aromatic nitrogens is 1. The molecule has 1 saturated heterocycles. The number of nitrogens with one attached hydrogen (secondary N) is 2. The Hall–Kier alpha value is -2.89.